The van der Waals surface area contributed by atoms with Gasteiger partial charge in [0.1, 0.15) is 0 Å². The van der Waals surface area contributed by atoms with Crippen molar-refractivity contribution in [2.75, 3.05) is 5.33 Å². The second-order valence-electron chi connectivity index (χ2n) is 3.58. The van der Waals surface area contributed by atoms with Gasteiger partial charge in [-0.15, -0.1) is 0 Å². The Morgan fingerprint density at radius 3 is 2.46 bits per heavy atom. The van der Waals surface area contributed by atoms with Crippen LogP contribution in [0.25, 0.3) is 0 Å². The Hall–Kier alpha value is -0.300. The highest BCUT2D eigenvalue weighted by Crippen LogP contribution is 2.26. The molecule has 0 nitrogen and oxygen atoms in total. The van der Waals surface area contributed by atoms with Gasteiger partial charge in [-0.1, -0.05) is 54.0 Å². The first-order valence-corrected chi connectivity index (χ1v) is 5.90. The minimum atomic E-state index is 0.646. The quantitative estimate of drug-likeness (QED) is 0.697. The molecule has 0 aliphatic heterocycles. The lowest BCUT2D eigenvalue weighted by Crippen LogP contribution is -2.06. The van der Waals surface area contributed by atoms with Gasteiger partial charge in [-0.2, -0.15) is 0 Å². The third kappa shape index (κ3) is 3.15. The number of rotatable bonds is 4. The zero-order chi connectivity index (χ0) is 9.68. The lowest BCUT2D eigenvalue weighted by molar-refractivity contribution is 0.478. The van der Waals surface area contributed by atoms with Crippen molar-refractivity contribution in [2.24, 2.45) is 5.92 Å². The van der Waals surface area contributed by atoms with Gasteiger partial charge in [-0.25, -0.2) is 0 Å². The summed E-state index contributed by atoms with van der Waals surface area (Å²) in [7, 11) is 0. The molecule has 0 aliphatic carbocycles. The zero-order valence-corrected chi connectivity index (χ0v) is 9.84. The van der Waals surface area contributed by atoms with Crippen molar-refractivity contribution in [3.05, 3.63) is 35.9 Å². The van der Waals surface area contributed by atoms with E-state index in [1.165, 1.54) is 12.0 Å². The molecule has 0 saturated heterocycles. The van der Waals surface area contributed by atoms with Gasteiger partial charge in [0.15, 0.2) is 0 Å². The first kappa shape index (κ1) is 10.8. The summed E-state index contributed by atoms with van der Waals surface area (Å²) in [6, 6.07) is 11.4. The normalized spacial score (nSPS) is 15.3. The molecule has 0 saturated carbocycles. The molecule has 0 N–H and O–H groups in total. The van der Waals surface area contributed by atoms with Crippen molar-refractivity contribution in [1.29, 1.82) is 0 Å². The molecule has 1 aromatic rings. The Labute approximate surface area is 89.5 Å². The molecule has 2 atom stereocenters. The average molecular weight is 240 g/mol. The van der Waals surface area contributed by atoms with Gasteiger partial charge in [0.2, 0.25) is 0 Å². The van der Waals surface area contributed by atoms with E-state index in [0.717, 1.165) is 11.2 Å². The van der Waals surface area contributed by atoms with Gasteiger partial charge < -0.3 is 0 Å². The molecule has 13 heavy (non-hydrogen) atoms. The Bertz CT molecular complexity index is 230. The topological polar surface area (TPSA) is 0 Å². The SMILES string of the molecule is CC(CCBr)C(C)c1cc[c]cc1. The number of hydrogen-bond donors (Lipinski definition) is 0. The molecule has 71 valence electrons. The van der Waals surface area contributed by atoms with Crippen LogP contribution in [0.2, 0.25) is 0 Å². The molecule has 0 aromatic heterocycles. The van der Waals surface area contributed by atoms with Crippen LogP contribution in [0.1, 0.15) is 31.7 Å². The van der Waals surface area contributed by atoms with E-state index in [9.17, 15) is 0 Å². The fraction of sp³-hybridized carbons (Fsp3) is 0.500. The van der Waals surface area contributed by atoms with Gasteiger partial charge in [0.05, 0.1) is 0 Å². The molecular formula is C12H16Br. The van der Waals surface area contributed by atoms with Crippen molar-refractivity contribution in [1.82, 2.24) is 0 Å². The minimum absolute atomic E-state index is 0.646. The smallest absolute Gasteiger partial charge is 0.00340 e. The minimum Gasteiger partial charge on any atom is -0.0928 e. The van der Waals surface area contributed by atoms with E-state index in [1.807, 2.05) is 12.1 Å². The molecule has 1 heteroatoms. The maximum atomic E-state index is 3.48. The van der Waals surface area contributed by atoms with Crippen LogP contribution in [0.5, 0.6) is 0 Å². The second kappa shape index (κ2) is 5.43. The third-order valence-electron chi connectivity index (χ3n) is 2.69. The monoisotopic (exact) mass is 239 g/mol. The van der Waals surface area contributed by atoms with Gasteiger partial charge >= 0.3 is 0 Å². The molecule has 1 aromatic carbocycles. The molecule has 0 fully saturated rings. The molecule has 0 aliphatic rings. The van der Waals surface area contributed by atoms with Crippen LogP contribution >= 0.6 is 15.9 Å². The molecule has 1 rings (SSSR count). The lowest BCUT2D eigenvalue weighted by atomic mass is 9.87. The first-order valence-electron chi connectivity index (χ1n) is 4.77. The molecule has 0 heterocycles. The van der Waals surface area contributed by atoms with Gasteiger partial charge in [-0.3, -0.25) is 0 Å². The molecular weight excluding hydrogens is 224 g/mol. The summed E-state index contributed by atoms with van der Waals surface area (Å²) >= 11 is 3.48. The second-order valence-corrected chi connectivity index (χ2v) is 4.37. The number of alkyl halides is 1. The number of hydrogen-bond acceptors (Lipinski definition) is 0. The Kier molecular flexibility index (Phi) is 4.51. The summed E-state index contributed by atoms with van der Waals surface area (Å²) < 4.78 is 0. The largest absolute Gasteiger partial charge is 0.0928 e. The predicted molar refractivity (Wildman–Crippen MR) is 61.3 cm³/mol. The van der Waals surface area contributed by atoms with E-state index in [2.05, 4.69) is 48.0 Å². The summed E-state index contributed by atoms with van der Waals surface area (Å²) in [6.07, 6.45) is 1.24. The Morgan fingerprint density at radius 1 is 1.31 bits per heavy atom. The maximum Gasteiger partial charge on any atom is 0.00340 e. The van der Waals surface area contributed by atoms with Crippen LogP contribution in [-0.4, -0.2) is 5.33 Å². The maximum absolute atomic E-state index is 3.48. The molecule has 2 unspecified atom stereocenters. The fourth-order valence-corrected chi connectivity index (χ4v) is 2.18. The highest BCUT2D eigenvalue weighted by molar-refractivity contribution is 9.09. The predicted octanol–water partition coefficient (Wildman–Crippen LogP) is 4.01. The molecule has 1 radical (unpaired) electrons. The third-order valence-corrected chi connectivity index (χ3v) is 3.15. The van der Waals surface area contributed by atoms with Crippen molar-refractivity contribution >= 4 is 15.9 Å². The molecule has 0 spiro atoms. The van der Waals surface area contributed by atoms with E-state index < -0.39 is 0 Å². The Morgan fingerprint density at radius 2 is 1.92 bits per heavy atom. The average Bonchev–Trinajstić information content (AvgIpc) is 2.18. The Balaban J connectivity index is 2.62. The van der Waals surface area contributed by atoms with Crippen molar-refractivity contribution < 1.29 is 0 Å². The standard InChI is InChI=1S/C12H16Br/c1-10(8-9-13)11(2)12-6-4-3-5-7-12/h4-7,10-11H,8-9H2,1-2H3. The van der Waals surface area contributed by atoms with Crippen molar-refractivity contribution in [3.63, 3.8) is 0 Å². The first-order chi connectivity index (χ1) is 6.25. The van der Waals surface area contributed by atoms with Crippen molar-refractivity contribution in [3.8, 4) is 0 Å². The highest BCUT2D eigenvalue weighted by Gasteiger charge is 2.12. The van der Waals surface area contributed by atoms with Crippen LogP contribution in [0, 0.1) is 12.0 Å². The summed E-state index contributed by atoms with van der Waals surface area (Å²) in [5.74, 6) is 1.38. The van der Waals surface area contributed by atoms with E-state index in [4.69, 9.17) is 0 Å². The van der Waals surface area contributed by atoms with E-state index in [1.54, 1.807) is 0 Å². The summed E-state index contributed by atoms with van der Waals surface area (Å²) in [5.41, 5.74) is 1.42. The molecule has 0 bridgehead atoms. The van der Waals surface area contributed by atoms with Gasteiger partial charge in [0.25, 0.3) is 0 Å². The zero-order valence-electron chi connectivity index (χ0n) is 8.26. The van der Waals surface area contributed by atoms with Crippen LogP contribution in [-0.2, 0) is 0 Å². The number of benzene rings is 1. The fourth-order valence-electron chi connectivity index (χ4n) is 1.45. The summed E-state index contributed by atoms with van der Waals surface area (Å²) in [5, 5.41) is 1.09. The van der Waals surface area contributed by atoms with Crippen LogP contribution < -0.4 is 0 Å². The summed E-state index contributed by atoms with van der Waals surface area (Å²) in [4.78, 5) is 0. The molecule has 0 amide bonds. The number of halogens is 1. The lowest BCUT2D eigenvalue weighted by Gasteiger charge is -2.19. The van der Waals surface area contributed by atoms with Crippen molar-refractivity contribution in [2.45, 2.75) is 26.2 Å². The van der Waals surface area contributed by atoms with E-state index in [0.29, 0.717) is 5.92 Å². The van der Waals surface area contributed by atoms with E-state index in [-0.39, 0.29) is 0 Å². The summed E-state index contributed by atoms with van der Waals surface area (Å²) in [6.45, 7) is 4.60. The van der Waals surface area contributed by atoms with E-state index >= 15 is 0 Å². The van der Waals surface area contributed by atoms with Gasteiger partial charge in [0, 0.05) is 5.33 Å². The highest BCUT2D eigenvalue weighted by atomic mass is 79.9. The van der Waals surface area contributed by atoms with Crippen LogP contribution in [0.3, 0.4) is 0 Å². The van der Waals surface area contributed by atoms with Gasteiger partial charge in [-0.05, 0) is 29.9 Å². The van der Waals surface area contributed by atoms with Crippen LogP contribution in [0.4, 0.5) is 0 Å². The van der Waals surface area contributed by atoms with Crippen LogP contribution in [0.15, 0.2) is 24.3 Å².